The van der Waals surface area contributed by atoms with Gasteiger partial charge in [0.15, 0.2) is 0 Å². The van der Waals surface area contributed by atoms with Gasteiger partial charge in [0.05, 0.1) is 4.90 Å². The molecule has 0 spiro atoms. The Morgan fingerprint density at radius 3 is 2.37 bits per heavy atom. The first kappa shape index (κ1) is 18.8. The van der Waals surface area contributed by atoms with E-state index in [2.05, 4.69) is 15.0 Å². The zero-order valence-corrected chi connectivity index (χ0v) is 15.5. The highest BCUT2D eigenvalue weighted by Gasteiger charge is 2.15. The molecule has 1 heterocycles. The summed E-state index contributed by atoms with van der Waals surface area (Å²) in [6.45, 7) is 2.11. The number of amides is 1. The van der Waals surface area contributed by atoms with Crippen molar-refractivity contribution in [3.8, 4) is 0 Å². The molecule has 3 aromatic rings. The minimum atomic E-state index is -3.67. The van der Waals surface area contributed by atoms with Crippen molar-refractivity contribution < 1.29 is 13.2 Å². The number of nitrogens with one attached hydrogen (secondary N) is 2. The van der Waals surface area contributed by atoms with Crippen molar-refractivity contribution in [3.05, 3.63) is 89.7 Å². The van der Waals surface area contributed by atoms with Gasteiger partial charge in [0.2, 0.25) is 10.0 Å². The van der Waals surface area contributed by atoms with E-state index in [0.717, 1.165) is 11.1 Å². The number of nitrogens with zero attached hydrogens (tertiary/aromatic N) is 1. The lowest BCUT2D eigenvalue weighted by Gasteiger charge is -2.09. The van der Waals surface area contributed by atoms with Crippen LogP contribution in [0.3, 0.4) is 0 Å². The first-order valence-corrected chi connectivity index (χ1v) is 9.79. The van der Waals surface area contributed by atoms with Crippen LogP contribution in [0, 0.1) is 6.92 Å². The number of benzene rings is 2. The Morgan fingerprint density at radius 1 is 1.00 bits per heavy atom. The minimum Gasteiger partial charge on any atom is -0.322 e. The smallest absolute Gasteiger partial charge is 0.255 e. The van der Waals surface area contributed by atoms with Gasteiger partial charge >= 0.3 is 0 Å². The molecule has 6 nitrogen and oxygen atoms in total. The summed E-state index contributed by atoms with van der Waals surface area (Å²) in [7, 11) is -3.67. The molecule has 0 radical (unpaired) electrons. The Morgan fingerprint density at radius 2 is 1.70 bits per heavy atom. The standard InChI is InChI=1S/C20H19N3O3S/c1-15-3-2-4-18(13-15)23-20(24)17-5-7-19(8-6-17)27(25,26)22-14-16-9-11-21-12-10-16/h2-13,22H,14H2,1H3,(H,23,24). The van der Waals surface area contributed by atoms with Crippen LogP contribution in [-0.4, -0.2) is 19.3 Å². The molecule has 0 bridgehead atoms. The summed E-state index contributed by atoms with van der Waals surface area (Å²) in [5, 5.41) is 2.79. The highest BCUT2D eigenvalue weighted by molar-refractivity contribution is 7.89. The van der Waals surface area contributed by atoms with Crippen LogP contribution >= 0.6 is 0 Å². The van der Waals surface area contributed by atoms with Gasteiger partial charge in [-0.2, -0.15) is 0 Å². The second-order valence-corrected chi connectivity index (χ2v) is 7.79. The molecule has 0 saturated carbocycles. The molecular weight excluding hydrogens is 362 g/mol. The van der Waals surface area contributed by atoms with E-state index in [1.165, 1.54) is 24.3 Å². The van der Waals surface area contributed by atoms with E-state index in [1.807, 2.05) is 25.1 Å². The number of rotatable bonds is 6. The van der Waals surface area contributed by atoms with E-state index < -0.39 is 10.0 Å². The lowest BCUT2D eigenvalue weighted by Crippen LogP contribution is -2.23. The first-order valence-electron chi connectivity index (χ1n) is 8.31. The molecule has 7 heteroatoms. The fourth-order valence-electron chi connectivity index (χ4n) is 2.47. The second-order valence-electron chi connectivity index (χ2n) is 6.03. The number of sulfonamides is 1. The summed E-state index contributed by atoms with van der Waals surface area (Å²) >= 11 is 0. The zero-order chi connectivity index (χ0) is 19.3. The number of aryl methyl sites for hydroxylation is 1. The van der Waals surface area contributed by atoms with Gasteiger partial charge in [-0.3, -0.25) is 9.78 Å². The average molecular weight is 381 g/mol. The van der Waals surface area contributed by atoms with Crippen LogP contribution in [-0.2, 0) is 16.6 Å². The summed E-state index contributed by atoms with van der Waals surface area (Å²) in [4.78, 5) is 16.3. The van der Waals surface area contributed by atoms with Crippen LogP contribution in [0.1, 0.15) is 21.5 Å². The Hall–Kier alpha value is -3.03. The van der Waals surface area contributed by atoms with Crippen molar-refractivity contribution in [3.63, 3.8) is 0 Å². The lowest BCUT2D eigenvalue weighted by molar-refractivity contribution is 0.102. The van der Waals surface area contributed by atoms with Crippen molar-refractivity contribution in [1.29, 1.82) is 0 Å². The molecule has 0 aliphatic carbocycles. The third-order valence-electron chi connectivity index (χ3n) is 3.92. The molecular formula is C20H19N3O3S. The Labute approximate surface area is 158 Å². The number of hydrogen-bond donors (Lipinski definition) is 2. The van der Waals surface area contributed by atoms with Crippen LogP contribution < -0.4 is 10.0 Å². The number of hydrogen-bond acceptors (Lipinski definition) is 4. The molecule has 27 heavy (non-hydrogen) atoms. The summed E-state index contributed by atoms with van der Waals surface area (Å²) in [5.41, 5.74) is 2.91. The molecule has 2 N–H and O–H groups in total. The normalized spacial score (nSPS) is 11.1. The van der Waals surface area contributed by atoms with E-state index in [-0.39, 0.29) is 17.3 Å². The van der Waals surface area contributed by atoms with Crippen molar-refractivity contribution in [2.75, 3.05) is 5.32 Å². The molecule has 3 rings (SSSR count). The largest absolute Gasteiger partial charge is 0.322 e. The van der Waals surface area contributed by atoms with Gasteiger partial charge < -0.3 is 5.32 Å². The molecule has 0 aliphatic rings. The maximum absolute atomic E-state index is 12.4. The Kier molecular flexibility index (Phi) is 5.63. The Balaban J connectivity index is 1.67. The monoisotopic (exact) mass is 381 g/mol. The quantitative estimate of drug-likeness (QED) is 0.687. The molecule has 0 fully saturated rings. The van der Waals surface area contributed by atoms with Gasteiger partial charge in [-0.25, -0.2) is 13.1 Å². The summed E-state index contributed by atoms with van der Waals surface area (Å²) in [6.07, 6.45) is 3.20. The third-order valence-corrected chi connectivity index (χ3v) is 5.34. The fraction of sp³-hybridized carbons (Fsp3) is 0.100. The van der Waals surface area contributed by atoms with Crippen molar-refractivity contribution in [2.24, 2.45) is 0 Å². The molecule has 1 amide bonds. The van der Waals surface area contributed by atoms with Gasteiger partial charge in [0, 0.05) is 30.2 Å². The third kappa shape index (κ3) is 4.99. The van der Waals surface area contributed by atoms with Gasteiger partial charge in [0.1, 0.15) is 0 Å². The Bertz CT molecular complexity index is 1030. The molecule has 2 aromatic carbocycles. The van der Waals surface area contributed by atoms with Crippen molar-refractivity contribution in [1.82, 2.24) is 9.71 Å². The van der Waals surface area contributed by atoms with Crippen LogP contribution in [0.15, 0.2) is 78.0 Å². The zero-order valence-electron chi connectivity index (χ0n) is 14.7. The molecule has 0 atom stereocenters. The number of aromatic nitrogens is 1. The predicted molar refractivity (Wildman–Crippen MR) is 104 cm³/mol. The number of pyridine rings is 1. The van der Waals surface area contributed by atoms with Gasteiger partial charge in [-0.15, -0.1) is 0 Å². The summed E-state index contributed by atoms with van der Waals surface area (Å²) < 4.78 is 27.3. The van der Waals surface area contributed by atoms with Crippen molar-refractivity contribution >= 4 is 21.6 Å². The fourth-order valence-corrected chi connectivity index (χ4v) is 3.49. The average Bonchev–Trinajstić information content (AvgIpc) is 2.67. The molecule has 1 aromatic heterocycles. The van der Waals surface area contributed by atoms with E-state index in [1.54, 1.807) is 30.6 Å². The SMILES string of the molecule is Cc1cccc(NC(=O)c2ccc(S(=O)(=O)NCc3ccncc3)cc2)c1. The van der Waals surface area contributed by atoms with Gasteiger partial charge in [-0.05, 0) is 66.6 Å². The highest BCUT2D eigenvalue weighted by atomic mass is 32.2. The highest BCUT2D eigenvalue weighted by Crippen LogP contribution is 2.14. The number of carbonyl (C=O) groups excluding carboxylic acids is 1. The van der Waals surface area contributed by atoms with E-state index in [9.17, 15) is 13.2 Å². The van der Waals surface area contributed by atoms with E-state index >= 15 is 0 Å². The van der Waals surface area contributed by atoms with Gasteiger partial charge in [-0.1, -0.05) is 12.1 Å². The first-order chi connectivity index (χ1) is 12.9. The van der Waals surface area contributed by atoms with Crippen molar-refractivity contribution in [2.45, 2.75) is 18.4 Å². The number of carbonyl (C=O) groups is 1. The van der Waals surface area contributed by atoms with E-state index in [0.29, 0.717) is 11.3 Å². The van der Waals surface area contributed by atoms with Crippen LogP contribution in [0.5, 0.6) is 0 Å². The van der Waals surface area contributed by atoms with Crippen LogP contribution in [0.2, 0.25) is 0 Å². The lowest BCUT2D eigenvalue weighted by atomic mass is 10.2. The van der Waals surface area contributed by atoms with Crippen LogP contribution in [0.4, 0.5) is 5.69 Å². The predicted octanol–water partition coefficient (Wildman–Crippen LogP) is 3.12. The topological polar surface area (TPSA) is 88.2 Å². The minimum absolute atomic E-state index is 0.101. The van der Waals surface area contributed by atoms with Crippen LogP contribution in [0.25, 0.3) is 0 Å². The molecule has 138 valence electrons. The number of anilines is 1. The summed E-state index contributed by atoms with van der Waals surface area (Å²) in [5.74, 6) is -0.297. The maximum Gasteiger partial charge on any atom is 0.255 e. The molecule has 0 saturated heterocycles. The summed E-state index contributed by atoms with van der Waals surface area (Å²) in [6, 6.07) is 16.7. The van der Waals surface area contributed by atoms with E-state index in [4.69, 9.17) is 0 Å². The van der Waals surface area contributed by atoms with Gasteiger partial charge in [0.25, 0.3) is 5.91 Å². The molecule has 0 unspecified atom stereocenters. The maximum atomic E-state index is 12.4. The molecule has 0 aliphatic heterocycles. The second kappa shape index (κ2) is 8.11.